The first-order valence-corrected chi connectivity index (χ1v) is 12.0. The van der Waals surface area contributed by atoms with Crippen molar-refractivity contribution in [1.82, 2.24) is 15.1 Å². The van der Waals surface area contributed by atoms with E-state index in [1.807, 2.05) is 47.9 Å². The van der Waals surface area contributed by atoms with Crippen LogP contribution in [-0.4, -0.2) is 35.8 Å². The number of aromatic nitrogens is 2. The average Bonchev–Trinajstić information content (AvgIpc) is 3.36. The van der Waals surface area contributed by atoms with E-state index in [1.165, 1.54) is 11.1 Å². The van der Waals surface area contributed by atoms with E-state index in [4.69, 9.17) is 5.10 Å². The molecule has 3 aromatic rings. The molecule has 178 valence electrons. The number of hydrogen-bond donors (Lipinski definition) is 1. The highest BCUT2D eigenvalue weighted by Crippen LogP contribution is 2.34. The minimum Gasteiger partial charge on any atom is -0.378 e. The predicted octanol–water partition coefficient (Wildman–Crippen LogP) is 5.69. The number of benzene rings is 2. The van der Waals surface area contributed by atoms with Crippen LogP contribution in [0.4, 0.5) is 5.69 Å². The van der Waals surface area contributed by atoms with Gasteiger partial charge in [0.2, 0.25) is 0 Å². The van der Waals surface area contributed by atoms with Gasteiger partial charge >= 0.3 is 0 Å². The van der Waals surface area contributed by atoms with E-state index in [0.717, 1.165) is 29.2 Å². The van der Waals surface area contributed by atoms with Crippen LogP contribution in [0.15, 0.2) is 60.7 Å². The Balaban J connectivity index is 1.46. The lowest BCUT2D eigenvalue weighted by molar-refractivity contribution is 0.0944. The molecule has 1 heterocycles. The second-order valence-electron chi connectivity index (χ2n) is 10.5. The third-order valence-corrected chi connectivity index (χ3v) is 6.74. The van der Waals surface area contributed by atoms with Gasteiger partial charge in [0, 0.05) is 48.6 Å². The molecular weight excluding hydrogens is 420 g/mol. The summed E-state index contributed by atoms with van der Waals surface area (Å²) in [4.78, 5) is 14.8. The molecule has 0 aliphatic heterocycles. The number of allylic oxidation sites excluding steroid dienone is 1. The van der Waals surface area contributed by atoms with Gasteiger partial charge in [0.05, 0.1) is 11.4 Å². The Morgan fingerprint density at radius 1 is 1.00 bits per heavy atom. The first kappa shape index (κ1) is 23.8. The number of nitrogens with zero attached hydrogens (tertiary/aromatic N) is 3. The second kappa shape index (κ2) is 9.13. The zero-order valence-corrected chi connectivity index (χ0v) is 21.4. The molecule has 0 spiro atoms. The SMILES string of the molecule is Cc1nn(-c2ccc(C(C)(C)C)cc2)c(C)c1C1C=CC(NC(=O)c2ccc(N(C)C)cc2)C1. The lowest BCUT2D eigenvalue weighted by Gasteiger charge is -2.19. The number of nitrogens with one attached hydrogen (secondary N) is 1. The number of hydrogen-bond acceptors (Lipinski definition) is 3. The normalized spacial score (nSPS) is 17.7. The van der Waals surface area contributed by atoms with Gasteiger partial charge in [-0.25, -0.2) is 4.68 Å². The topological polar surface area (TPSA) is 50.2 Å². The van der Waals surface area contributed by atoms with Gasteiger partial charge in [0.25, 0.3) is 5.91 Å². The molecule has 0 bridgehead atoms. The van der Waals surface area contributed by atoms with Crippen molar-refractivity contribution in [2.45, 2.75) is 58.4 Å². The van der Waals surface area contributed by atoms with Crippen molar-refractivity contribution in [2.24, 2.45) is 0 Å². The monoisotopic (exact) mass is 456 g/mol. The van der Waals surface area contributed by atoms with Gasteiger partial charge < -0.3 is 10.2 Å². The van der Waals surface area contributed by atoms with Crippen molar-refractivity contribution in [3.05, 3.63) is 88.8 Å². The van der Waals surface area contributed by atoms with Crippen molar-refractivity contribution < 1.29 is 4.79 Å². The Labute approximate surface area is 203 Å². The molecule has 1 aliphatic carbocycles. The van der Waals surface area contributed by atoms with Crippen LogP contribution in [0.2, 0.25) is 0 Å². The quantitative estimate of drug-likeness (QED) is 0.502. The van der Waals surface area contributed by atoms with Crippen molar-refractivity contribution in [3.63, 3.8) is 0 Å². The fraction of sp³-hybridized carbons (Fsp3) is 0.379. The van der Waals surface area contributed by atoms with Gasteiger partial charge in [-0.1, -0.05) is 45.1 Å². The Hall–Kier alpha value is -3.34. The van der Waals surface area contributed by atoms with E-state index in [2.05, 4.69) is 76.4 Å². The smallest absolute Gasteiger partial charge is 0.251 e. The Morgan fingerprint density at radius 2 is 1.65 bits per heavy atom. The minimum absolute atomic E-state index is 0.0132. The van der Waals surface area contributed by atoms with Gasteiger partial charge in [0.1, 0.15) is 0 Å². The van der Waals surface area contributed by atoms with Gasteiger partial charge in [-0.2, -0.15) is 5.10 Å². The molecule has 4 rings (SSSR count). The number of aryl methyl sites for hydroxylation is 1. The minimum atomic E-state index is -0.0383. The maximum absolute atomic E-state index is 12.8. The molecule has 0 saturated heterocycles. The molecule has 34 heavy (non-hydrogen) atoms. The molecule has 2 aromatic carbocycles. The molecule has 1 aliphatic rings. The summed E-state index contributed by atoms with van der Waals surface area (Å²) in [5, 5.41) is 8.04. The lowest BCUT2D eigenvalue weighted by Crippen LogP contribution is -2.32. The average molecular weight is 457 g/mol. The van der Waals surface area contributed by atoms with Crippen molar-refractivity contribution in [1.29, 1.82) is 0 Å². The fourth-order valence-corrected chi connectivity index (χ4v) is 4.73. The molecular formula is C29H36N4O. The predicted molar refractivity (Wildman–Crippen MR) is 140 cm³/mol. The molecule has 5 heteroatoms. The van der Waals surface area contributed by atoms with E-state index < -0.39 is 0 Å². The van der Waals surface area contributed by atoms with Crippen LogP contribution < -0.4 is 10.2 Å². The lowest BCUT2D eigenvalue weighted by atomic mass is 9.87. The number of rotatable bonds is 5. The van der Waals surface area contributed by atoms with Gasteiger partial charge in [-0.05, 0) is 67.6 Å². The van der Waals surface area contributed by atoms with Gasteiger partial charge in [0.15, 0.2) is 0 Å². The van der Waals surface area contributed by atoms with Crippen LogP contribution in [0.1, 0.15) is 66.0 Å². The zero-order valence-electron chi connectivity index (χ0n) is 21.4. The van der Waals surface area contributed by atoms with E-state index in [-0.39, 0.29) is 23.3 Å². The summed E-state index contributed by atoms with van der Waals surface area (Å²) in [5.41, 5.74) is 7.72. The van der Waals surface area contributed by atoms with E-state index in [0.29, 0.717) is 5.56 Å². The molecule has 0 radical (unpaired) electrons. The molecule has 1 aromatic heterocycles. The van der Waals surface area contributed by atoms with E-state index >= 15 is 0 Å². The van der Waals surface area contributed by atoms with Crippen molar-refractivity contribution >= 4 is 11.6 Å². The highest BCUT2D eigenvalue weighted by atomic mass is 16.1. The van der Waals surface area contributed by atoms with Crippen LogP contribution in [0.25, 0.3) is 5.69 Å². The largest absolute Gasteiger partial charge is 0.378 e. The second-order valence-corrected chi connectivity index (χ2v) is 10.5. The molecule has 2 unspecified atom stereocenters. The number of carbonyl (C=O) groups excluding carboxylic acids is 1. The Kier molecular flexibility index (Phi) is 6.39. The summed E-state index contributed by atoms with van der Waals surface area (Å²) < 4.78 is 2.04. The van der Waals surface area contributed by atoms with Crippen molar-refractivity contribution in [3.8, 4) is 5.69 Å². The number of anilines is 1. The Bertz CT molecular complexity index is 1190. The molecule has 1 amide bonds. The highest BCUT2D eigenvalue weighted by Gasteiger charge is 2.27. The Morgan fingerprint density at radius 3 is 2.24 bits per heavy atom. The zero-order chi connectivity index (χ0) is 24.6. The summed E-state index contributed by atoms with van der Waals surface area (Å²) in [5.74, 6) is 0.202. The summed E-state index contributed by atoms with van der Waals surface area (Å²) in [7, 11) is 3.98. The van der Waals surface area contributed by atoms with E-state index in [1.54, 1.807) is 0 Å². The summed E-state index contributed by atoms with van der Waals surface area (Å²) in [6.07, 6.45) is 5.17. The molecule has 0 saturated carbocycles. The van der Waals surface area contributed by atoms with Gasteiger partial charge in [-0.3, -0.25) is 4.79 Å². The van der Waals surface area contributed by atoms with E-state index in [9.17, 15) is 4.79 Å². The first-order chi connectivity index (χ1) is 16.0. The summed E-state index contributed by atoms with van der Waals surface area (Å²) >= 11 is 0. The van der Waals surface area contributed by atoms with Crippen LogP contribution in [0, 0.1) is 13.8 Å². The molecule has 5 nitrogen and oxygen atoms in total. The molecule has 2 atom stereocenters. The van der Waals surface area contributed by atoms with Crippen LogP contribution in [0.5, 0.6) is 0 Å². The molecule has 1 N–H and O–H groups in total. The molecule has 0 fully saturated rings. The van der Waals surface area contributed by atoms with Gasteiger partial charge in [-0.15, -0.1) is 0 Å². The summed E-state index contributed by atoms with van der Waals surface area (Å²) in [6, 6.07) is 16.4. The third kappa shape index (κ3) is 4.79. The third-order valence-electron chi connectivity index (χ3n) is 6.74. The number of amides is 1. The fourth-order valence-electron chi connectivity index (χ4n) is 4.73. The standard InChI is InChI=1S/C29H36N4O/c1-19-27(20(2)33(31-19)26-16-11-23(12-17-26)29(3,4)5)22-8-13-24(18-22)30-28(34)21-9-14-25(15-10-21)32(6)7/h8-17,22,24H,18H2,1-7H3,(H,30,34). The maximum atomic E-state index is 12.8. The first-order valence-electron chi connectivity index (χ1n) is 12.0. The van der Waals surface area contributed by atoms with Crippen LogP contribution in [0.3, 0.4) is 0 Å². The summed E-state index contributed by atoms with van der Waals surface area (Å²) in [6.45, 7) is 10.9. The van der Waals surface area contributed by atoms with Crippen LogP contribution in [-0.2, 0) is 5.41 Å². The number of carbonyl (C=O) groups is 1. The highest BCUT2D eigenvalue weighted by molar-refractivity contribution is 5.94. The maximum Gasteiger partial charge on any atom is 0.251 e. The van der Waals surface area contributed by atoms with Crippen LogP contribution >= 0.6 is 0 Å². The van der Waals surface area contributed by atoms with Crippen molar-refractivity contribution in [2.75, 3.05) is 19.0 Å².